The van der Waals surface area contributed by atoms with Crippen LogP contribution in [0.3, 0.4) is 0 Å². The van der Waals surface area contributed by atoms with Gasteiger partial charge < -0.3 is 10.2 Å². The van der Waals surface area contributed by atoms with Gasteiger partial charge in [0, 0.05) is 0 Å². The molecule has 5 nitrogen and oxygen atoms in total. The molecule has 0 aromatic heterocycles. The van der Waals surface area contributed by atoms with Crippen LogP contribution < -0.4 is 0 Å². The number of aliphatic hydroxyl groups excluding tert-OH is 1. The summed E-state index contributed by atoms with van der Waals surface area (Å²) in [4.78, 5) is 18.8. The third-order valence-corrected chi connectivity index (χ3v) is 1.22. The van der Waals surface area contributed by atoms with Crippen molar-refractivity contribution in [1.82, 2.24) is 0 Å². The number of hydrogen-bond acceptors (Lipinski definition) is 5. The first-order chi connectivity index (χ1) is 6.20. The van der Waals surface area contributed by atoms with Crippen molar-refractivity contribution in [1.29, 1.82) is 0 Å². The molecule has 0 aliphatic carbocycles. The molecule has 0 saturated heterocycles. The summed E-state index contributed by atoms with van der Waals surface area (Å²) in [5.74, 6) is -0.784. The molecule has 0 atom stereocenters. The third-order valence-electron chi connectivity index (χ3n) is 1.22. The zero-order valence-corrected chi connectivity index (χ0v) is 6.58. The van der Waals surface area contributed by atoms with Crippen LogP contribution in [0.2, 0.25) is 0 Å². The van der Waals surface area contributed by atoms with E-state index in [4.69, 9.17) is 10.2 Å². The minimum absolute atomic E-state index is 0.267. The lowest BCUT2D eigenvalue weighted by Crippen LogP contribution is -2.14. The number of rotatable bonds is 3. The highest BCUT2D eigenvalue weighted by Gasteiger charge is 2.08. The van der Waals surface area contributed by atoms with Gasteiger partial charge in [0.1, 0.15) is 0 Å². The minimum Gasteiger partial charge on any atom is -0.343 e. The molecular formula is C8H8O5. The van der Waals surface area contributed by atoms with E-state index in [2.05, 4.69) is 9.78 Å². The molecule has 2 N–H and O–H groups in total. The van der Waals surface area contributed by atoms with Crippen molar-refractivity contribution >= 4 is 5.97 Å². The first kappa shape index (κ1) is 9.66. The Kier molecular flexibility index (Phi) is 3.39. The lowest BCUT2D eigenvalue weighted by molar-refractivity contribution is -0.392. The van der Waals surface area contributed by atoms with E-state index in [0.29, 0.717) is 0 Å². The summed E-state index contributed by atoms with van der Waals surface area (Å²) >= 11 is 0. The smallest absolute Gasteiger partial charge is 0.343 e. The third kappa shape index (κ3) is 3.20. The molecule has 0 bridgehead atoms. The highest BCUT2D eigenvalue weighted by atomic mass is 17.2. The fourth-order valence-electron chi connectivity index (χ4n) is 0.709. The predicted octanol–water partition coefficient (Wildman–Crippen LogP) is 0.0432. The molecule has 70 valence electrons. The molecule has 0 saturated carbocycles. The zero-order valence-electron chi connectivity index (χ0n) is 6.58. The lowest BCUT2D eigenvalue weighted by atomic mass is 10.2. The molecular weight excluding hydrogens is 176 g/mol. The first-order valence-corrected chi connectivity index (χ1v) is 3.49. The number of benzene rings is 1. The summed E-state index contributed by atoms with van der Waals surface area (Å²) < 4.78 is 0. The summed E-state index contributed by atoms with van der Waals surface area (Å²) in [6.07, 6.45) is 0. The van der Waals surface area contributed by atoms with Crippen molar-refractivity contribution in [3.8, 4) is 0 Å². The van der Waals surface area contributed by atoms with Crippen molar-refractivity contribution < 1.29 is 24.8 Å². The summed E-state index contributed by atoms with van der Waals surface area (Å²) in [6.45, 7) is -2.12. The van der Waals surface area contributed by atoms with Gasteiger partial charge in [0.2, 0.25) is 0 Å². The fourth-order valence-corrected chi connectivity index (χ4v) is 0.709. The average molecular weight is 184 g/mol. The van der Waals surface area contributed by atoms with Gasteiger partial charge >= 0.3 is 12.4 Å². The Bertz CT molecular complexity index is 269. The summed E-state index contributed by atoms with van der Waals surface area (Å²) in [5.41, 5.74) is 0.267. The molecule has 5 heteroatoms. The van der Waals surface area contributed by atoms with Gasteiger partial charge in [-0.3, -0.25) is 4.89 Å². The molecule has 1 aromatic rings. The summed E-state index contributed by atoms with van der Waals surface area (Å²) in [5, 5.41) is 16.4. The van der Waals surface area contributed by atoms with E-state index < -0.39 is 12.4 Å². The molecule has 1 rings (SSSR count). The maximum Gasteiger partial charge on any atom is 0.373 e. The van der Waals surface area contributed by atoms with Gasteiger partial charge in [-0.25, -0.2) is 4.79 Å². The fraction of sp³-hybridized carbons (Fsp3) is 0.125. The van der Waals surface area contributed by atoms with Crippen LogP contribution in [-0.4, -0.2) is 22.7 Å². The quantitative estimate of drug-likeness (QED) is 0.394. The van der Waals surface area contributed by atoms with Gasteiger partial charge in [-0.15, -0.1) is 4.89 Å². The van der Waals surface area contributed by atoms with Crippen LogP contribution in [0.25, 0.3) is 0 Å². The standard InChI is InChI=1S/C8H8O5/c9-7(12-13-8(10)11)6-4-2-1-3-5-6/h1-5,8,10-11H. The molecule has 0 unspecified atom stereocenters. The van der Waals surface area contributed by atoms with Crippen molar-refractivity contribution in [2.45, 2.75) is 6.48 Å². The van der Waals surface area contributed by atoms with Crippen LogP contribution in [0.5, 0.6) is 0 Å². The Balaban J connectivity index is 2.50. The topological polar surface area (TPSA) is 76.0 Å². The van der Waals surface area contributed by atoms with Crippen LogP contribution in [-0.2, 0) is 9.78 Å². The van der Waals surface area contributed by atoms with Crippen LogP contribution >= 0.6 is 0 Å². The SMILES string of the molecule is O=C(OOC(O)O)c1ccccc1. The maximum atomic E-state index is 11.0. The maximum absolute atomic E-state index is 11.0. The zero-order chi connectivity index (χ0) is 9.68. The van der Waals surface area contributed by atoms with Crippen LogP contribution in [0.15, 0.2) is 30.3 Å². The van der Waals surface area contributed by atoms with Crippen molar-refractivity contribution in [2.24, 2.45) is 0 Å². The van der Waals surface area contributed by atoms with Crippen molar-refractivity contribution in [3.05, 3.63) is 35.9 Å². The highest BCUT2D eigenvalue weighted by molar-refractivity contribution is 5.88. The summed E-state index contributed by atoms with van der Waals surface area (Å²) in [7, 11) is 0. The van der Waals surface area contributed by atoms with Crippen LogP contribution in [0.1, 0.15) is 10.4 Å². The van der Waals surface area contributed by atoms with E-state index >= 15 is 0 Å². The number of carbonyl (C=O) groups excluding carboxylic acids is 1. The Labute approximate surface area is 74.1 Å². The second kappa shape index (κ2) is 4.56. The first-order valence-electron chi connectivity index (χ1n) is 3.49. The van der Waals surface area contributed by atoms with E-state index in [0.717, 1.165) is 0 Å². The number of aliphatic hydroxyl groups is 2. The van der Waals surface area contributed by atoms with Gasteiger partial charge in [0.15, 0.2) is 0 Å². The number of hydrogen-bond donors (Lipinski definition) is 2. The van der Waals surface area contributed by atoms with E-state index in [9.17, 15) is 4.79 Å². The van der Waals surface area contributed by atoms with Crippen LogP contribution in [0.4, 0.5) is 0 Å². The molecule has 1 aromatic carbocycles. The molecule has 0 aliphatic heterocycles. The summed E-state index contributed by atoms with van der Waals surface area (Å²) in [6, 6.07) is 8.04. The van der Waals surface area contributed by atoms with Crippen molar-refractivity contribution in [3.63, 3.8) is 0 Å². The van der Waals surface area contributed by atoms with Gasteiger partial charge in [-0.2, -0.15) is 0 Å². The van der Waals surface area contributed by atoms with E-state index in [1.807, 2.05) is 0 Å². The Morgan fingerprint density at radius 2 is 1.85 bits per heavy atom. The monoisotopic (exact) mass is 184 g/mol. The van der Waals surface area contributed by atoms with Crippen LogP contribution in [0, 0.1) is 0 Å². The molecule has 0 amide bonds. The highest BCUT2D eigenvalue weighted by Crippen LogP contribution is 2.01. The molecule has 0 heterocycles. The Morgan fingerprint density at radius 1 is 1.23 bits per heavy atom. The number of carbonyl (C=O) groups is 1. The molecule has 0 aliphatic rings. The Morgan fingerprint density at radius 3 is 2.38 bits per heavy atom. The van der Waals surface area contributed by atoms with Gasteiger partial charge in [0.25, 0.3) is 0 Å². The molecule has 13 heavy (non-hydrogen) atoms. The molecule has 0 fully saturated rings. The molecule has 0 spiro atoms. The lowest BCUT2D eigenvalue weighted by Gasteiger charge is -2.03. The second-order valence-electron chi connectivity index (χ2n) is 2.16. The minimum atomic E-state index is -2.12. The Hall–Kier alpha value is -1.43. The van der Waals surface area contributed by atoms with E-state index in [1.165, 1.54) is 12.1 Å². The largest absolute Gasteiger partial charge is 0.373 e. The van der Waals surface area contributed by atoms with E-state index in [1.54, 1.807) is 18.2 Å². The van der Waals surface area contributed by atoms with Crippen molar-refractivity contribution in [2.75, 3.05) is 0 Å². The van der Waals surface area contributed by atoms with E-state index in [-0.39, 0.29) is 5.56 Å². The van der Waals surface area contributed by atoms with Gasteiger partial charge in [-0.05, 0) is 12.1 Å². The van der Waals surface area contributed by atoms with Gasteiger partial charge in [-0.1, -0.05) is 18.2 Å². The second-order valence-corrected chi connectivity index (χ2v) is 2.16. The average Bonchev–Trinajstić information content (AvgIpc) is 2.15. The molecule has 0 radical (unpaired) electrons. The predicted molar refractivity (Wildman–Crippen MR) is 41.2 cm³/mol. The van der Waals surface area contributed by atoms with Gasteiger partial charge in [0.05, 0.1) is 5.56 Å². The normalized spacial score (nSPS) is 10.1.